The van der Waals surface area contributed by atoms with E-state index in [0.717, 1.165) is 0 Å². The maximum absolute atomic E-state index is 12.5. The molecule has 7 nitrogen and oxygen atoms in total. The average Bonchev–Trinajstić information content (AvgIpc) is 3.15. The third kappa shape index (κ3) is 4.15. The van der Waals surface area contributed by atoms with Crippen molar-refractivity contribution in [2.75, 3.05) is 10.6 Å². The van der Waals surface area contributed by atoms with Crippen LogP contribution in [0.1, 0.15) is 23.2 Å². The Balaban J connectivity index is 1.70. The summed E-state index contributed by atoms with van der Waals surface area (Å²) in [6, 6.07) is 6.44. The number of benzene rings is 1. The van der Waals surface area contributed by atoms with Gasteiger partial charge >= 0.3 is 0 Å². The Kier molecular flexibility index (Phi) is 5.43. The second-order valence-corrected chi connectivity index (χ2v) is 6.73. The van der Waals surface area contributed by atoms with E-state index in [4.69, 9.17) is 0 Å². The van der Waals surface area contributed by atoms with Crippen molar-refractivity contribution in [1.29, 1.82) is 0 Å². The van der Waals surface area contributed by atoms with Crippen molar-refractivity contribution in [2.45, 2.75) is 12.8 Å². The number of carbonyl (C=O) groups is 3. The van der Waals surface area contributed by atoms with Gasteiger partial charge in [-0.25, -0.2) is 4.98 Å². The summed E-state index contributed by atoms with van der Waals surface area (Å²) in [6.45, 7) is 0. The Hall–Kier alpha value is -3.00. The Morgan fingerprint density at radius 2 is 1.88 bits per heavy atom. The van der Waals surface area contributed by atoms with Gasteiger partial charge in [-0.1, -0.05) is 18.2 Å². The molecule has 1 aliphatic carbocycles. The lowest BCUT2D eigenvalue weighted by Gasteiger charge is -2.28. The molecule has 0 fully saturated rings. The number of amides is 2. The van der Waals surface area contributed by atoms with Gasteiger partial charge in [-0.2, -0.15) is 0 Å². The van der Waals surface area contributed by atoms with Gasteiger partial charge in [-0.3, -0.25) is 14.9 Å². The van der Waals surface area contributed by atoms with Gasteiger partial charge in [0, 0.05) is 34.7 Å². The van der Waals surface area contributed by atoms with Gasteiger partial charge in [0.2, 0.25) is 5.91 Å². The van der Waals surface area contributed by atoms with E-state index in [9.17, 15) is 19.5 Å². The molecule has 1 aromatic carbocycles. The standard InChI is InChI=1S/C18H17N3O4S/c22-15(21-18-19-8-9-26-18)11-4-3-5-12(10-11)20-16(23)13-6-1-2-7-14(13)17(24)25/h1-5,8-10,13-14H,6-7H2,(H,20,23)(H,24,25)(H,19,21,22)/p-1/t13-,14-/m1/s1. The van der Waals surface area contributed by atoms with Crippen molar-refractivity contribution in [1.82, 2.24) is 4.98 Å². The molecule has 0 saturated carbocycles. The Bertz CT molecular complexity index is 848. The third-order valence-electron chi connectivity index (χ3n) is 4.12. The molecule has 8 heteroatoms. The summed E-state index contributed by atoms with van der Waals surface area (Å²) in [5.41, 5.74) is 0.784. The zero-order valence-electron chi connectivity index (χ0n) is 13.7. The van der Waals surface area contributed by atoms with Crippen LogP contribution in [0.2, 0.25) is 0 Å². The fourth-order valence-corrected chi connectivity index (χ4v) is 3.32. The van der Waals surface area contributed by atoms with Gasteiger partial charge in [0.25, 0.3) is 5.91 Å². The molecule has 2 amide bonds. The Morgan fingerprint density at radius 1 is 1.12 bits per heavy atom. The summed E-state index contributed by atoms with van der Waals surface area (Å²) < 4.78 is 0. The Labute approximate surface area is 153 Å². The number of allylic oxidation sites excluding steroid dienone is 2. The number of anilines is 2. The predicted molar refractivity (Wildman–Crippen MR) is 95.5 cm³/mol. The topological polar surface area (TPSA) is 111 Å². The van der Waals surface area contributed by atoms with Crippen LogP contribution in [-0.2, 0) is 9.59 Å². The number of carboxylic acid groups (broad SMARTS) is 1. The predicted octanol–water partition coefficient (Wildman–Crippen LogP) is 1.67. The van der Waals surface area contributed by atoms with Gasteiger partial charge in [0.05, 0.1) is 5.92 Å². The highest BCUT2D eigenvalue weighted by molar-refractivity contribution is 7.13. The number of rotatable bonds is 5. The molecule has 0 unspecified atom stereocenters. The number of aromatic nitrogens is 1. The summed E-state index contributed by atoms with van der Waals surface area (Å²) in [5.74, 6) is -3.52. The van der Waals surface area contributed by atoms with Crippen LogP contribution in [-0.4, -0.2) is 22.8 Å². The van der Waals surface area contributed by atoms with Gasteiger partial charge < -0.3 is 15.2 Å². The largest absolute Gasteiger partial charge is 0.550 e. The highest BCUT2D eigenvalue weighted by Gasteiger charge is 2.29. The van der Waals surface area contributed by atoms with Crippen molar-refractivity contribution in [3.63, 3.8) is 0 Å². The lowest BCUT2D eigenvalue weighted by atomic mass is 9.82. The van der Waals surface area contributed by atoms with Gasteiger partial charge in [-0.15, -0.1) is 11.3 Å². The first-order valence-corrected chi connectivity index (χ1v) is 8.90. The lowest BCUT2D eigenvalue weighted by molar-refractivity contribution is -0.313. The molecular weight excluding hydrogens is 354 g/mol. The molecule has 0 radical (unpaired) electrons. The van der Waals surface area contributed by atoms with Crippen molar-refractivity contribution < 1.29 is 19.5 Å². The molecule has 0 aliphatic heterocycles. The summed E-state index contributed by atoms with van der Waals surface area (Å²) >= 11 is 1.30. The number of thiazole rings is 1. The average molecular weight is 370 g/mol. The first kappa shape index (κ1) is 17.8. The number of hydrogen-bond donors (Lipinski definition) is 2. The molecule has 1 aromatic heterocycles. The van der Waals surface area contributed by atoms with Crippen LogP contribution in [0.3, 0.4) is 0 Å². The normalized spacial score (nSPS) is 18.9. The van der Waals surface area contributed by atoms with E-state index in [0.29, 0.717) is 22.8 Å². The number of aliphatic carboxylic acids is 1. The molecule has 2 atom stereocenters. The molecule has 1 aliphatic rings. The second kappa shape index (κ2) is 7.92. The molecule has 2 aromatic rings. The van der Waals surface area contributed by atoms with Crippen molar-refractivity contribution >= 4 is 39.9 Å². The molecule has 1 heterocycles. The third-order valence-corrected chi connectivity index (χ3v) is 4.81. The van der Waals surface area contributed by atoms with E-state index in [2.05, 4.69) is 15.6 Å². The van der Waals surface area contributed by atoms with Crippen LogP contribution in [0, 0.1) is 11.8 Å². The lowest BCUT2D eigenvalue weighted by Crippen LogP contribution is -2.41. The minimum absolute atomic E-state index is 0.274. The summed E-state index contributed by atoms with van der Waals surface area (Å²) in [4.78, 5) is 39.9. The number of carbonyl (C=O) groups excluding carboxylic acids is 3. The number of hydrogen-bond acceptors (Lipinski definition) is 6. The van der Waals surface area contributed by atoms with Crippen LogP contribution < -0.4 is 15.7 Å². The van der Waals surface area contributed by atoms with Gasteiger partial charge in [0.1, 0.15) is 0 Å². The smallest absolute Gasteiger partial charge is 0.257 e. The second-order valence-electron chi connectivity index (χ2n) is 5.84. The minimum atomic E-state index is -1.23. The van der Waals surface area contributed by atoms with Crippen LogP contribution in [0.15, 0.2) is 48.0 Å². The molecule has 26 heavy (non-hydrogen) atoms. The zero-order chi connectivity index (χ0) is 18.5. The van der Waals surface area contributed by atoms with Crippen molar-refractivity contribution in [3.8, 4) is 0 Å². The van der Waals surface area contributed by atoms with E-state index < -0.39 is 23.7 Å². The van der Waals surface area contributed by atoms with Crippen LogP contribution in [0.25, 0.3) is 0 Å². The first-order valence-electron chi connectivity index (χ1n) is 8.02. The maximum Gasteiger partial charge on any atom is 0.257 e. The number of nitrogens with zero attached hydrogens (tertiary/aromatic N) is 1. The summed E-state index contributed by atoms with van der Waals surface area (Å²) in [7, 11) is 0. The molecular formula is C18H16N3O4S-. The van der Waals surface area contributed by atoms with Crippen LogP contribution >= 0.6 is 11.3 Å². The molecule has 3 rings (SSSR count). The molecule has 134 valence electrons. The first-order chi connectivity index (χ1) is 12.5. The summed E-state index contributed by atoms with van der Waals surface area (Å²) in [6.07, 6.45) is 5.74. The van der Waals surface area contributed by atoms with Gasteiger partial charge in [-0.05, 0) is 31.0 Å². The molecule has 0 saturated heterocycles. The highest BCUT2D eigenvalue weighted by atomic mass is 32.1. The van der Waals surface area contributed by atoms with E-state index in [1.807, 2.05) is 0 Å². The van der Waals surface area contributed by atoms with Crippen LogP contribution in [0.4, 0.5) is 10.8 Å². The highest BCUT2D eigenvalue weighted by Crippen LogP contribution is 2.27. The number of carboxylic acids is 1. The minimum Gasteiger partial charge on any atom is -0.550 e. The maximum atomic E-state index is 12.5. The fraction of sp³-hybridized carbons (Fsp3) is 0.222. The van der Waals surface area contributed by atoms with E-state index >= 15 is 0 Å². The Morgan fingerprint density at radius 3 is 2.58 bits per heavy atom. The van der Waals surface area contributed by atoms with Crippen LogP contribution in [0.5, 0.6) is 0 Å². The van der Waals surface area contributed by atoms with Gasteiger partial charge in [0.15, 0.2) is 5.13 Å². The molecule has 0 bridgehead atoms. The van der Waals surface area contributed by atoms with E-state index in [1.165, 1.54) is 17.4 Å². The van der Waals surface area contributed by atoms with E-state index in [1.54, 1.807) is 41.9 Å². The van der Waals surface area contributed by atoms with Crippen molar-refractivity contribution in [3.05, 3.63) is 53.6 Å². The molecule has 2 N–H and O–H groups in total. The van der Waals surface area contributed by atoms with Crippen molar-refractivity contribution in [2.24, 2.45) is 11.8 Å². The quantitative estimate of drug-likeness (QED) is 0.778. The number of nitrogens with one attached hydrogen (secondary N) is 2. The zero-order valence-corrected chi connectivity index (χ0v) is 14.5. The molecule has 0 spiro atoms. The SMILES string of the molecule is O=C(Nc1nccs1)c1cccc(NC(=O)[C@@H]2CC=CC[C@H]2C(=O)[O-])c1. The van der Waals surface area contributed by atoms with E-state index in [-0.39, 0.29) is 12.3 Å². The fourth-order valence-electron chi connectivity index (χ4n) is 2.79. The summed E-state index contributed by atoms with van der Waals surface area (Å²) in [5, 5.41) is 18.8. The monoisotopic (exact) mass is 370 g/mol.